The van der Waals surface area contributed by atoms with E-state index in [-0.39, 0.29) is 12.8 Å². The van der Waals surface area contributed by atoms with E-state index in [0.717, 1.165) is 6.08 Å². The number of halogens is 3. The fourth-order valence-corrected chi connectivity index (χ4v) is 2.88. The van der Waals surface area contributed by atoms with Gasteiger partial charge in [0.15, 0.2) is 5.78 Å². The van der Waals surface area contributed by atoms with Crippen LogP contribution < -0.4 is 0 Å². The fourth-order valence-electron chi connectivity index (χ4n) is 2.88. The van der Waals surface area contributed by atoms with Crippen molar-refractivity contribution >= 4 is 5.78 Å². The van der Waals surface area contributed by atoms with Crippen LogP contribution in [0.15, 0.2) is 12.2 Å². The Morgan fingerprint density at radius 2 is 2.11 bits per heavy atom. The predicted molar refractivity (Wildman–Crippen MR) is 51.5 cm³/mol. The summed E-state index contributed by atoms with van der Waals surface area (Å²) in [6, 6.07) is 0. The summed E-state index contributed by atoms with van der Waals surface area (Å²) in [6.07, 6.45) is -4.95. The zero-order chi connectivity index (χ0) is 13.2. The van der Waals surface area contributed by atoms with E-state index in [2.05, 4.69) is 0 Å². The van der Waals surface area contributed by atoms with Crippen molar-refractivity contribution in [2.75, 3.05) is 0 Å². The normalized spacial score (nSPS) is 47.2. The van der Waals surface area contributed by atoms with Crippen molar-refractivity contribution in [3.05, 3.63) is 12.2 Å². The molecule has 4 nitrogen and oxygen atoms in total. The summed E-state index contributed by atoms with van der Waals surface area (Å²) >= 11 is 0. The maximum atomic E-state index is 13.0. The molecule has 1 N–H and O–H groups in total. The molecule has 4 atom stereocenters. The predicted octanol–water partition coefficient (Wildman–Crippen LogP) is 1.08. The first-order valence-electron chi connectivity index (χ1n) is 5.66. The smallest absolute Gasteiger partial charge is 0.382 e. The third-order valence-electron chi connectivity index (χ3n) is 3.77. The average molecular weight is 264 g/mol. The number of ketones is 1. The molecule has 100 valence electrons. The fraction of sp³-hybridized carbons (Fsp3) is 0.727. The van der Waals surface area contributed by atoms with Crippen LogP contribution in [-0.4, -0.2) is 40.7 Å². The molecular weight excluding hydrogens is 253 g/mol. The van der Waals surface area contributed by atoms with Crippen molar-refractivity contribution < 1.29 is 32.5 Å². The van der Waals surface area contributed by atoms with Crippen LogP contribution in [0.3, 0.4) is 0 Å². The first-order valence-corrected chi connectivity index (χ1v) is 5.66. The molecule has 2 heterocycles. The van der Waals surface area contributed by atoms with Crippen molar-refractivity contribution in [2.45, 2.75) is 49.0 Å². The SMILES string of the molecule is O=C1C=C[C@@]23CCC[C@@](C(F)(F)F)(O[C@@H]2[C@H]1O)O3. The number of aliphatic hydroxyl groups is 1. The third kappa shape index (κ3) is 1.35. The standard InChI is InChI=1S/C11H11F3O4/c12-11(13,14)10-4-1-3-9(18-10)5-2-6(15)7(16)8(9)17-10/h2,5,7-8,16H,1,3-4H2/t7-,8+,9-,10+/m0/s1. The quantitative estimate of drug-likeness (QED) is 0.711. The van der Waals surface area contributed by atoms with Gasteiger partial charge in [0.25, 0.3) is 5.79 Å². The molecule has 0 radical (unpaired) electrons. The first-order chi connectivity index (χ1) is 8.30. The lowest BCUT2D eigenvalue weighted by atomic mass is 9.81. The van der Waals surface area contributed by atoms with Crippen molar-refractivity contribution in [1.29, 1.82) is 0 Å². The highest BCUT2D eigenvalue weighted by atomic mass is 19.4. The first kappa shape index (κ1) is 12.1. The highest BCUT2D eigenvalue weighted by Crippen LogP contribution is 2.56. The summed E-state index contributed by atoms with van der Waals surface area (Å²) < 4.78 is 49.2. The van der Waals surface area contributed by atoms with Crippen molar-refractivity contribution in [2.24, 2.45) is 0 Å². The van der Waals surface area contributed by atoms with Crippen LogP contribution in [0.4, 0.5) is 13.2 Å². The number of ether oxygens (including phenoxy) is 2. The Balaban J connectivity index is 2.05. The Hall–Kier alpha value is -0.920. The molecule has 0 aromatic rings. The summed E-state index contributed by atoms with van der Waals surface area (Å²) in [5, 5.41) is 9.70. The van der Waals surface area contributed by atoms with Crippen LogP contribution in [0.2, 0.25) is 0 Å². The number of hydrogen-bond donors (Lipinski definition) is 1. The summed E-state index contributed by atoms with van der Waals surface area (Å²) in [6.45, 7) is 0. The molecule has 0 saturated carbocycles. The molecule has 0 aromatic heterocycles. The number of carbonyl (C=O) groups excluding carboxylic acids is 1. The lowest BCUT2D eigenvalue weighted by Gasteiger charge is -2.38. The van der Waals surface area contributed by atoms with Gasteiger partial charge < -0.3 is 14.6 Å². The average Bonchev–Trinajstić information content (AvgIpc) is 2.54. The molecule has 2 fully saturated rings. The van der Waals surface area contributed by atoms with E-state index in [1.807, 2.05) is 0 Å². The van der Waals surface area contributed by atoms with Crippen LogP contribution in [0.1, 0.15) is 19.3 Å². The number of carbonyl (C=O) groups is 1. The summed E-state index contributed by atoms with van der Waals surface area (Å²) in [5.41, 5.74) is -1.33. The van der Waals surface area contributed by atoms with Gasteiger partial charge in [0.2, 0.25) is 0 Å². The van der Waals surface area contributed by atoms with Crippen LogP contribution >= 0.6 is 0 Å². The van der Waals surface area contributed by atoms with Crippen molar-refractivity contribution in [3.63, 3.8) is 0 Å². The molecule has 0 unspecified atom stereocenters. The topological polar surface area (TPSA) is 55.8 Å². The Kier molecular flexibility index (Phi) is 2.25. The monoisotopic (exact) mass is 264 g/mol. The van der Waals surface area contributed by atoms with Crippen LogP contribution in [0, 0.1) is 0 Å². The number of fused-ring (bicyclic) bond motifs is 1. The second-order valence-electron chi connectivity index (χ2n) is 4.88. The van der Waals surface area contributed by atoms with Gasteiger partial charge >= 0.3 is 6.18 Å². The van der Waals surface area contributed by atoms with Gasteiger partial charge in [-0.25, -0.2) is 0 Å². The second kappa shape index (κ2) is 3.34. The molecule has 18 heavy (non-hydrogen) atoms. The van der Waals surface area contributed by atoms with E-state index in [9.17, 15) is 23.1 Å². The lowest BCUT2D eigenvalue weighted by Crippen LogP contribution is -2.52. The molecule has 2 bridgehead atoms. The zero-order valence-corrected chi connectivity index (χ0v) is 9.24. The third-order valence-corrected chi connectivity index (χ3v) is 3.77. The second-order valence-corrected chi connectivity index (χ2v) is 4.88. The number of aliphatic hydroxyl groups excluding tert-OH is 1. The van der Waals surface area contributed by atoms with E-state index in [1.165, 1.54) is 6.08 Å². The molecule has 2 saturated heterocycles. The maximum Gasteiger partial charge on any atom is 0.443 e. The van der Waals surface area contributed by atoms with E-state index in [1.54, 1.807) is 0 Å². The summed E-state index contributed by atoms with van der Waals surface area (Å²) in [4.78, 5) is 11.3. The molecule has 1 aliphatic carbocycles. The van der Waals surface area contributed by atoms with Gasteiger partial charge in [0.1, 0.15) is 17.8 Å². The van der Waals surface area contributed by atoms with Crippen LogP contribution in [0.25, 0.3) is 0 Å². The zero-order valence-electron chi connectivity index (χ0n) is 9.24. The van der Waals surface area contributed by atoms with E-state index >= 15 is 0 Å². The Morgan fingerprint density at radius 1 is 1.39 bits per heavy atom. The van der Waals surface area contributed by atoms with Gasteiger partial charge in [0.05, 0.1) is 0 Å². The van der Waals surface area contributed by atoms with Crippen molar-refractivity contribution in [1.82, 2.24) is 0 Å². The Morgan fingerprint density at radius 3 is 2.78 bits per heavy atom. The molecule has 2 aliphatic heterocycles. The van der Waals surface area contributed by atoms with Gasteiger partial charge in [-0.1, -0.05) is 0 Å². The highest BCUT2D eigenvalue weighted by molar-refractivity contribution is 5.95. The Labute approximate surface area is 100 Å². The number of hydrogen-bond acceptors (Lipinski definition) is 4. The van der Waals surface area contributed by atoms with E-state index < -0.39 is 35.6 Å². The highest BCUT2D eigenvalue weighted by Gasteiger charge is 2.72. The van der Waals surface area contributed by atoms with E-state index in [4.69, 9.17) is 9.47 Å². The molecule has 1 spiro atoms. The van der Waals surface area contributed by atoms with Crippen LogP contribution in [-0.2, 0) is 14.3 Å². The largest absolute Gasteiger partial charge is 0.443 e. The maximum absolute atomic E-state index is 13.0. The molecule has 7 heteroatoms. The summed E-state index contributed by atoms with van der Waals surface area (Å²) in [5.74, 6) is -3.34. The number of alkyl halides is 3. The molecule has 0 amide bonds. The molecular formula is C11H11F3O4. The molecule has 0 aromatic carbocycles. The van der Waals surface area contributed by atoms with E-state index in [0.29, 0.717) is 6.42 Å². The minimum absolute atomic E-state index is 0.265. The summed E-state index contributed by atoms with van der Waals surface area (Å²) in [7, 11) is 0. The van der Waals surface area contributed by atoms with Gasteiger partial charge in [-0.15, -0.1) is 0 Å². The lowest BCUT2D eigenvalue weighted by molar-refractivity contribution is -0.364. The Bertz CT molecular complexity index is 432. The minimum atomic E-state index is -4.69. The van der Waals surface area contributed by atoms with Gasteiger partial charge in [0, 0.05) is 6.42 Å². The van der Waals surface area contributed by atoms with Crippen LogP contribution in [0.5, 0.6) is 0 Å². The van der Waals surface area contributed by atoms with Crippen molar-refractivity contribution in [3.8, 4) is 0 Å². The van der Waals surface area contributed by atoms with Gasteiger partial charge in [-0.05, 0) is 25.0 Å². The minimum Gasteiger partial charge on any atom is -0.382 e. The molecule has 3 aliphatic rings. The van der Waals surface area contributed by atoms with Gasteiger partial charge in [-0.2, -0.15) is 13.2 Å². The number of rotatable bonds is 0. The van der Waals surface area contributed by atoms with Gasteiger partial charge in [-0.3, -0.25) is 4.79 Å². The molecule has 3 rings (SSSR count).